The molecule has 59 heavy (non-hydrogen) atoms. The van der Waals surface area contributed by atoms with E-state index in [-0.39, 0.29) is 31.2 Å². The maximum absolute atomic E-state index is 12.2. The summed E-state index contributed by atoms with van der Waals surface area (Å²) in [5.41, 5.74) is 11.3. The van der Waals surface area contributed by atoms with Gasteiger partial charge in [0, 0.05) is 34.8 Å². The fraction of sp³-hybridized carbons (Fsp3) is 0.265. The highest BCUT2D eigenvalue weighted by Gasteiger charge is 2.17. The van der Waals surface area contributed by atoms with Crippen molar-refractivity contribution < 1.29 is 29.1 Å². The zero-order valence-corrected chi connectivity index (χ0v) is 35.6. The number of aryl methyl sites for hydroxylation is 4. The molecular formula is C49H56BBrN2O6. The molecule has 6 aromatic rings. The molecule has 0 saturated heterocycles. The van der Waals surface area contributed by atoms with Crippen molar-refractivity contribution in [1.82, 2.24) is 9.97 Å². The minimum absolute atomic E-state index is 0. The van der Waals surface area contributed by atoms with Gasteiger partial charge in [-0.1, -0.05) is 129 Å². The molecule has 0 aliphatic carbocycles. The molecule has 0 spiro atoms. The third-order valence-corrected chi connectivity index (χ3v) is 10.1. The molecular weight excluding hydrogens is 803 g/mol. The monoisotopic (exact) mass is 858 g/mol. The Balaban J connectivity index is 0.000000255. The van der Waals surface area contributed by atoms with Crippen LogP contribution in [0.3, 0.4) is 0 Å². The number of hydrogen-bond donors (Lipinski definition) is 2. The van der Waals surface area contributed by atoms with Gasteiger partial charge in [0.05, 0.1) is 12.8 Å². The van der Waals surface area contributed by atoms with Gasteiger partial charge in [-0.3, -0.25) is 19.6 Å². The molecule has 0 aliphatic heterocycles. The van der Waals surface area contributed by atoms with Crippen LogP contribution in [0.1, 0.15) is 90.5 Å². The van der Waals surface area contributed by atoms with Crippen LogP contribution < -0.4 is 5.46 Å². The van der Waals surface area contributed by atoms with Crippen LogP contribution in [0, 0.1) is 27.7 Å². The molecule has 0 saturated carbocycles. The highest BCUT2D eigenvalue weighted by atomic mass is 79.9. The van der Waals surface area contributed by atoms with E-state index in [4.69, 9.17) is 19.5 Å². The van der Waals surface area contributed by atoms with E-state index in [1.807, 2.05) is 125 Å². The normalized spacial score (nSPS) is 11.3. The SMILES string of the molecule is C.CC(CC(=O)OCc1ccccc1)c1cncc(Br)c1.Cc1cccc(C)c1-c1cncc(C(C)CC(=O)OCc2ccccc2)c1.Cc1cccc(C)c1B(O)O. The number of esters is 2. The van der Waals surface area contributed by atoms with Crippen LogP contribution in [0.15, 0.2) is 138 Å². The lowest BCUT2D eigenvalue weighted by atomic mass is 9.74. The van der Waals surface area contributed by atoms with Crippen LogP contribution in [0.4, 0.5) is 0 Å². The van der Waals surface area contributed by atoms with Crippen LogP contribution in [0.5, 0.6) is 0 Å². The molecule has 0 radical (unpaired) electrons. The lowest BCUT2D eigenvalue weighted by molar-refractivity contribution is -0.146. The van der Waals surface area contributed by atoms with Gasteiger partial charge in [0.15, 0.2) is 0 Å². The first kappa shape index (κ1) is 48.0. The van der Waals surface area contributed by atoms with E-state index >= 15 is 0 Å². The summed E-state index contributed by atoms with van der Waals surface area (Å²) in [4.78, 5) is 32.6. The largest absolute Gasteiger partial charge is 0.488 e. The maximum atomic E-state index is 12.2. The second-order valence-electron chi connectivity index (χ2n) is 14.4. The molecule has 0 aliphatic rings. The number of aromatic nitrogens is 2. The smallest absolute Gasteiger partial charge is 0.461 e. The molecule has 2 N–H and O–H groups in total. The topological polar surface area (TPSA) is 119 Å². The van der Waals surface area contributed by atoms with Gasteiger partial charge in [0.1, 0.15) is 13.2 Å². The van der Waals surface area contributed by atoms with E-state index < -0.39 is 7.12 Å². The third kappa shape index (κ3) is 15.7. The second kappa shape index (κ2) is 24.5. The number of carbonyl (C=O) groups is 2. The first-order valence-corrected chi connectivity index (χ1v) is 20.0. The zero-order chi connectivity index (χ0) is 42.0. The predicted octanol–water partition coefficient (Wildman–Crippen LogP) is 10.3. The standard InChI is InChI=1S/C24H25NO2.C16H16BrNO2.C8H11BO2.CH4/c1-17-8-7-9-18(2)24(17)22-13-21(14-25-15-22)19(3)12-23(26)27-16-20-10-5-4-6-11-20;1-12(14-8-15(17)10-18-9-14)7-16(19)20-11-13-5-3-2-4-6-13;1-6-4-3-5-7(2)8(6)9(10)11;/h4-11,13-15,19H,12,16H2,1-3H3;2-6,8-10,12H,7,11H2,1H3;3-5,10-11H,1-2H3;1H4. The molecule has 4 aromatic carbocycles. The average Bonchev–Trinajstić information content (AvgIpc) is 3.20. The number of benzene rings is 4. The number of rotatable bonds is 12. The van der Waals surface area contributed by atoms with Crippen molar-refractivity contribution in [3.8, 4) is 11.1 Å². The maximum Gasteiger partial charge on any atom is 0.488 e. The Kier molecular flexibility index (Phi) is 19.9. The van der Waals surface area contributed by atoms with Crippen LogP contribution in [0.2, 0.25) is 0 Å². The van der Waals surface area contributed by atoms with Crippen LogP contribution in [0.25, 0.3) is 11.1 Å². The van der Waals surface area contributed by atoms with Crippen molar-refractivity contribution >= 4 is 40.4 Å². The molecule has 0 bridgehead atoms. The Morgan fingerprint density at radius 2 is 1.03 bits per heavy atom. The number of ether oxygens (including phenoxy) is 2. The van der Waals surface area contributed by atoms with Crippen LogP contribution in [-0.4, -0.2) is 39.1 Å². The highest BCUT2D eigenvalue weighted by Crippen LogP contribution is 2.30. The van der Waals surface area contributed by atoms with Crippen molar-refractivity contribution in [2.24, 2.45) is 0 Å². The van der Waals surface area contributed by atoms with E-state index in [0.717, 1.165) is 43.4 Å². The first-order valence-electron chi connectivity index (χ1n) is 19.3. The van der Waals surface area contributed by atoms with E-state index in [2.05, 4.69) is 64.0 Å². The van der Waals surface area contributed by atoms with Gasteiger partial charge in [-0.25, -0.2) is 0 Å². The number of halogens is 1. The quantitative estimate of drug-likeness (QED) is 0.0923. The number of pyridine rings is 2. The molecule has 2 aromatic heterocycles. The summed E-state index contributed by atoms with van der Waals surface area (Å²) >= 11 is 3.38. The molecule has 2 unspecified atom stereocenters. The number of nitrogens with zero attached hydrogens (tertiary/aromatic N) is 2. The minimum Gasteiger partial charge on any atom is -0.461 e. The van der Waals surface area contributed by atoms with Crippen LogP contribution >= 0.6 is 15.9 Å². The molecule has 8 nitrogen and oxygen atoms in total. The fourth-order valence-corrected chi connectivity index (χ4v) is 6.78. The van der Waals surface area contributed by atoms with Gasteiger partial charge in [-0.2, -0.15) is 0 Å². The van der Waals surface area contributed by atoms with E-state index in [9.17, 15) is 9.59 Å². The summed E-state index contributed by atoms with van der Waals surface area (Å²) in [6, 6.07) is 35.4. The lowest BCUT2D eigenvalue weighted by Gasteiger charge is -2.14. The molecule has 0 amide bonds. The molecule has 6 rings (SSSR count). The molecule has 0 fully saturated rings. The molecule has 2 heterocycles. The highest BCUT2D eigenvalue weighted by molar-refractivity contribution is 9.10. The Bertz CT molecular complexity index is 2180. The van der Waals surface area contributed by atoms with E-state index in [1.165, 1.54) is 16.7 Å². The van der Waals surface area contributed by atoms with Crippen molar-refractivity contribution in [2.75, 3.05) is 0 Å². The molecule has 10 heteroatoms. The van der Waals surface area contributed by atoms with Gasteiger partial charge in [-0.15, -0.1) is 0 Å². The van der Waals surface area contributed by atoms with Crippen molar-refractivity contribution in [3.63, 3.8) is 0 Å². The van der Waals surface area contributed by atoms with Gasteiger partial charge >= 0.3 is 19.1 Å². The van der Waals surface area contributed by atoms with E-state index in [0.29, 0.717) is 31.5 Å². The zero-order valence-electron chi connectivity index (χ0n) is 34.1. The Hall–Kier alpha value is -5.42. The van der Waals surface area contributed by atoms with E-state index in [1.54, 1.807) is 12.4 Å². The summed E-state index contributed by atoms with van der Waals surface area (Å²) in [5, 5.41) is 17.9. The predicted molar refractivity (Wildman–Crippen MR) is 242 cm³/mol. The first-order chi connectivity index (χ1) is 27.8. The van der Waals surface area contributed by atoms with Gasteiger partial charge in [-0.05, 0) is 112 Å². The molecule has 308 valence electrons. The van der Waals surface area contributed by atoms with Crippen molar-refractivity contribution in [3.05, 3.63) is 183 Å². The Labute approximate surface area is 359 Å². The summed E-state index contributed by atoms with van der Waals surface area (Å²) in [5.74, 6) is -0.251. The Morgan fingerprint density at radius 3 is 1.46 bits per heavy atom. The summed E-state index contributed by atoms with van der Waals surface area (Å²) in [6.45, 7) is 12.6. The summed E-state index contributed by atoms with van der Waals surface area (Å²) in [6.07, 6.45) is 7.92. The Morgan fingerprint density at radius 1 is 0.610 bits per heavy atom. The van der Waals surface area contributed by atoms with Crippen molar-refractivity contribution in [1.29, 1.82) is 0 Å². The van der Waals surface area contributed by atoms with Crippen molar-refractivity contribution in [2.45, 2.75) is 86.9 Å². The summed E-state index contributed by atoms with van der Waals surface area (Å²) in [7, 11) is -1.35. The fourth-order valence-electron chi connectivity index (χ4n) is 6.40. The molecule has 2 atom stereocenters. The lowest BCUT2D eigenvalue weighted by Crippen LogP contribution is -2.34. The average molecular weight is 860 g/mol. The number of carbonyl (C=O) groups excluding carboxylic acids is 2. The van der Waals surface area contributed by atoms with Crippen LogP contribution in [-0.2, 0) is 32.3 Å². The minimum atomic E-state index is -1.35. The van der Waals surface area contributed by atoms with Gasteiger partial charge < -0.3 is 19.5 Å². The second-order valence-corrected chi connectivity index (χ2v) is 15.3. The van der Waals surface area contributed by atoms with Gasteiger partial charge in [0.2, 0.25) is 0 Å². The van der Waals surface area contributed by atoms with Gasteiger partial charge in [0.25, 0.3) is 0 Å². The third-order valence-electron chi connectivity index (χ3n) is 9.62. The number of hydrogen-bond acceptors (Lipinski definition) is 8. The summed E-state index contributed by atoms with van der Waals surface area (Å²) < 4.78 is 11.6.